The molecule has 0 saturated heterocycles. The summed E-state index contributed by atoms with van der Waals surface area (Å²) in [5.41, 5.74) is 4.21. The number of benzene rings is 3. The Morgan fingerprint density at radius 3 is 2.29 bits per heavy atom. The summed E-state index contributed by atoms with van der Waals surface area (Å²) in [6.45, 7) is 0. The van der Waals surface area contributed by atoms with Gasteiger partial charge in [-0.3, -0.25) is 29.6 Å². The number of hydrazine groups is 1. The Bertz CT molecular complexity index is 1830. The highest BCUT2D eigenvalue weighted by molar-refractivity contribution is 5.97. The number of nitrogens with one attached hydrogen (secondary N) is 4. The van der Waals surface area contributed by atoms with E-state index in [4.69, 9.17) is 4.42 Å². The third-order valence-electron chi connectivity index (χ3n) is 6.63. The lowest BCUT2D eigenvalue weighted by Crippen LogP contribution is -2.50. The number of carbonyl (C=O) groups excluding carboxylic acids is 3. The number of aliphatic hydroxyl groups excluding tert-OH is 1. The van der Waals surface area contributed by atoms with Gasteiger partial charge < -0.3 is 20.2 Å². The first-order chi connectivity index (χ1) is 21.8. The molecule has 0 radical (unpaired) electrons. The first-order valence-electron chi connectivity index (χ1n) is 13.7. The number of amides is 3. The fourth-order valence-electron chi connectivity index (χ4n) is 4.39. The van der Waals surface area contributed by atoms with Crippen LogP contribution in [0.3, 0.4) is 0 Å². The Morgan fingerprint density at radius 2 is 1.60 bits per heavy atom. The van der Waals surface area contributed by atoms with Crippen LogP contribution in [0.5, 0.6) is 0 Å². The van der Waals surface area contributed by atoms with Gasteiger partial charge >= 0.3 is 5.91 Å². The van der Waals surface area contributed by atoms with E-state index in [0.717, 1.165) is 12.1 Å². The van der Waals surface area contributed by atoms with Crippen LogP contribution in [0.15, 0.2) is 106 Å². The zero-order chi connectivity index (χ0) is 31.8. The average Bonchev–Trinajstić information content (AvgIpc) is 3.60. The molecule has 14 nitrogen and oxygen atoms in total. The van der Waals surface area contributed by atoms with Crippen LogP contribution in [-0.4, -0.2) is 62.6 Å². The van der Waals surface area contributed by atoms with Gasteiger partial charge in [-0.2, -0.15) is 5.21 Å². The van der Waals surface area contributed by atoms with Gasteiger partial charge in [0.05, 0.1) is 11.7 Å². The van der Waals surface area contributed by atoms with Crippen LogP contribution in [0.2, 0.25) is 0 Å². The molecule has 0 aliphatic heterocycles. The minimum Gasteiger partial charge on any atom is -0.445 e. The molecule has 5 aromatic rings. The van der Waals surface area contributed by atoms with Crippen LogP contribution >= 0.6 is 0 Å². The van der Waals surface area contributed by atoms with Crippen molar-refractivity contribution < 1.29 is 23.9 Å². The molecule has 0 spiro atoms. The van der Waals surface area contributed by atoms with Gasteiger partial charge in [0.25, 0.3) is 11.8 Å². The molecule has 2 atom stereocenters. The normalized spacial score (nSPS) is 12.0. The lowest BCUT2D eigenvalue weighted by atomic mass is 10.00. The Balaban J connectivity index is 1.33. The SMILES string of the molecule is CN(NC(=O)c1cc(=O)cc(C(=O)N[C@@H](Cc2ccccc2)[C@H](O)C(=O)Nc2cccc(-c3nn[nH]n3)c2)o1)c1ccccc1. The van der Waals surface area contributed by atoms with Crippen molar-refractivity contribution in [3.8, 4) is 11.4 Å². The fraction of sp³-hybridized carbons (Fsp3) is 0.129. The number of nitrogens with zero attached hydrogens (tertiary/aromatic N) is 4. The van der Waals surface area contributed by atoms with Crippen LogP contribution in [0.1, 0.15) is 26.7 Å². The molecule has 0 saturated carbocycles. The molecule has 0 aliphatic carbocycles. The Morgan fingerprint density at radius 1 is 0.911 bits per heavy atom. The van der Waals surface area contributed by atoms with E-state index in [1.807, 2.05) is 6.07 Å². The van der Waals surface area contributed by atoms with Crippen LogP contribution in [0.4, 0.5) is 11.4 Å². The van der Waals surface area contributed by atoms with E-state index >= 15 is 0 Å². The molecular weight excluding hydrogens is 580 g/mol. The summed E-state index contributed by atoms with van der Waals surface area (Å²) in [4.78, 5) is 51.8. The van der Waals surface area contributed by atoms with Gasteiger partial charge in [0.1, 0.15) is 0 Å². The van der Waals surface area contributed by atoms with E-state index in [1.165, 1.54) is 5.01 Å². The van der Waals surface area contributed by atoms with Crippen molar-refractivity contribution in [2.45, 2.75) is 18.6 Å². The first-order valence-corrected chi connectivity index (χ1v) is 13.7. The molecule has 228 valence electrons. The van der Waals surface area contributed by atoms with Gasteiger partial charge in [0, 0.05) is 30.4 Å². The van der Waals surface area contributed by atoms with Gasteiger partial charge in [-0.1, -0.05) is 60.7 Å². The quantitative estimate of drug-likeness (QED) is 0.138. The summed E-state index contributed by atoms with van der Waals surface area (Å²) < 4.78 is 5.50. The zero-order valence-corrected chi connectivity index (χ0v) is 23.9. The maximum absolute atomic E-state index is 13.3. The smallest absolute Gasteiger partial charge is 0.305 e. The van der Waals surface area contributed by atoms with Gasteiger partial charge in [-0.25, -0.2) is 0 Å². The lowest BCUT2D eigenvalue weighted by molar-refractivity contribution is -0.125. The van der Waals surface area contributed by atoms with Gasteiger partial charge in [-0.05, 0) is 41.5 Å². The Kier molecular flexibility index (Phi) is 9.35. The summed E-state index contributed by atoms with van der Waals surface area (Å²) in [5.74, 6) is -3.06. The molecule has 0 fully saturated rings. The summed E-state index contributed by atoms with van der Waals surface area (Å²) in [5, 5.41) is 31.5. The highest BCUT2D eigenvalue weighted by Gasteiger charge is 2.30. The molecular formula is C31H28N8O6. The number of hydrogen-bond donors (Lipinski definition) is 5. The molecule has 14 heteroatoms. The van der Waals surface area contributed by atoms with Crippen molar-refractivity contribution in [1.82, 2.24) is 31.4 Å². The summed E-state index contributed by atoms with van der Waals surface area (Å²) in [6.07, 6.45) is -1.68. The summed E-state index contributed by atoms with van der Waals surface area (Å²) in [7, 11) is 1.60. The molecule has 5 rings (SSSR count). The molecule has 5 N–H and O–H groups in total. The molecule has 2 heterocycles. The van der Waals surface area contributed by atoms with Crippen molar-refractivity contribution >= 4 is 29.1 Å². The minimum absolute atomic E-state index is 0.0519. The number of aromatic nitrogens is 4. The monoisotopic (exact) mass is 608 g/mol. The van der Waals surface area contributed by atoms with Crippen molar-refractivity contribution in [3.05, 3.63) is 124 Å². The first kappa shape index (κ1) is 30.3. The molecule has 0 unspecified atom stereocenters. The molecule has 3 aromatic carbocycles. The second-order valence-electron chi connectivity index (χ2n) is 9.88. The Hall–Kier alpha value is -6.15. The third-order valence-corrected chi connectivity index (χ3v) is 6.63. The van der Waals surface area contributed by atoms with E-state index in [1.54, 1.807) is 85.9 Å². The van der Waals surface area contributed by atoms with Crippen molar-refractivity contribution in [2.24, 2.45) is 0 Å². The maximum Gasteiger partial charge on any atom is 0.305 e. The van der Waals surface area contributed by atoms with Crippen LogP contribution in [0, 0.1) is 0 Å². The number of carbonyl (C=O) groups is 3. The number of aromatic amines is 1. The zero-order valence-electron chi connectivity index (χ0n) is 23.9. The standard InChI is InChI=1S/C31H28N8O6/c1-39(22-13-6-3-7-14-22)36-30(43)26-18-23(40)17-25(45-26)29(42)33-24(15-19-9-4-2-5-10-19)27(41)31(44)32-21-12-8-11-20(16-21)28-34-37-38-35-28/h2-14,16-18,24,27,41H,15H2,1H3,(H,32,44)(H,33,42)(H,36,43)(H,34,35,37,38)/t24-,27-/m0/s1. The lowest BCUT2D eigenvalue weighted by Gasteiger charge is -2.24. The van der Waals surface area contributed by atoms with Crippen LogP contribution in [-0.2, 0) is 11.2 Å². The second kappa shape index (κ2) is 13.9. The molecule has 45 heavy (non-hydrogen) atoms. The molecule has 0 bridgehead atoms. The Labute approximate surface area is 256 Å². The number of anilines is 2. The third kappa shape index (κ3) is 7.82. The summed E-state index contributed by atoms with van der Waals surface area (Å²) >= 11 is 0. The van der Waals surface area contributed by atoms with Gasteiger partial charge in [-0.15, -0.1) is 10.2 Å². The van der Waals surface area contributed by atoms with Crippen LogP contribution in [0.25, 0.3) is 11.4 Å². The van der Waals surface area contributed by atoms with E-state index < -0.39 is 46.8 Å². The van der Waals surface area contributed by atoms with E-state index in [9.17, 15) is 24.3 Å². The number of aliphatic hydroxyl groups is 1. The highest BCUT2D eigenvalue weighted by Crippen LogP contribution is 2.19. The van der Waals surface area contributed by atoms with E-state index in [0.29, 0.717) is 28.3 Å². The number of rotatable bonds is 11. The average molecular weight is 609 g/mol. The molecule has 3 amide bonds. The number of para-hydroxylation sites is 1. The molecule has 2 aromatic heterocycles. The summed E-state index contributed by atoms with van der Waals surface area (Å²) in [6, 6.07) is 25.1. The topological polar surface area (TPSA) is 195 Å². The second-order valence-corrected chi connectivity index (χ2v) is 9.88. The van der Waals surface area contributed by atoms with Gasteiger partial charge in [0.15, 0.2) is 23.1 Å². The van der Waals surface area contributed by atoms with E-state index in [-0.39, 0.29) is 6.42 Å². The van der Waals surface area contributed by atoms with Crippen LogP contribution < -0.4 is 26.5 Å². The number of hydrogen-bond acceptors (Lipinski definition) is 10. The van der Waals surface area contributed by atoms with E-state index in [2.05, 4.69) is 36.7 Å². The number of tetrazole rings is 1. The molecule has 0 aliphatic rings. The van der Waals surface area contributed by atoms with Crippen molar-refractivity contribution in [3.63, 3.8) is 0 Å². The largest absolute Gasteiger partial charge is 0.445 e. The fourth-order valence-corrected chi connectivity index (χ4v) is 4.39. The van der Waals surface area contributed by atoms with Crippen molar-refractivity contribution in [1.29, 1.82) is 0 Å². The predicted octanol–water partition coefficient (Wildman–Crippen LogP) is 1.94. The number of H-pyrrole nitrogens is 1. The van der Waals surface area contributed by atoms with Gasteiger partial charge in [0.2, 0.25) is 5.82 Å². The highest BCUT2D eigenvalue weighted by atomic mass is 16.4. The predicted molar refractivity (Wildman–Crippen MR) is 163 cm³/mol. The van der Waals surface area contributed by atoms with Crippen molar-refractivity contribution in [2.75, 3.05) is 17.4 Å². The minimum atomic E-state index is -1.74. The maximum atomic E-state index is 13.3.